The summed E-state index contributed by atoms with van der Waals surface area (Å²) in [4.78, 5) is 6.12. The molecule has 0 atom stereocenters. The molecule has 4 aromatic rings. The van der Waals surface area contributed by atoms with E-state index in [1.54, 1.807) is 48.7 Å². The lowest BCUT2D eigenvalue weighted by Gasteiger charge is -2.24. The number of ether oxygens (including phenoxy) is 1. The van der Waals surface area contributed by atoms with E-state index in [0.29, 0.717) is 50.0 Å². The van der Waals surface area contributed by atoms with E-state index in [-0.39, 0.29) is 4.90 Å². The minimum atomic E-state index is -3.79. The van der Waals surface area contributed by atoms with Gasteiger partial charge in [-0.2, -0.15) is 4.39 Å². The molecule has 0 radical (unpaired) electrons. The number of rotatable bonds is 13. The van der Waals surface area contributed by atoms with Crippen molar-refractivity contribution in [1.82, 2.24) is 19.2 Å². The van der Waals surface area contributed by atoms with Crippen molar-refractivity contribution in [3.8, 4) is 0 Å². The first-order valence-corrected chi connectivity index (χ1v) is 15.5. The molecule has 1 aliphatic carbocycles. The molecule has 1 N–H and O–H groups in total. The van der Waals surface area contributed by atoms with Crippen molar-refractivity contribution in [3.05, 3.63) is 96.2 Å². The Hall–Kier alpha value is -3.11. The Balaban J connectivity index is 1.32. The summed E-state index contributed by atoms with van der Waals surface area (Å²) >= 11 is 0. The van der Waals surface area contributed by atoms with Gasteiger partial charge in [0.1, 0.15) is 0 Å². The highest BCUT2D eigenvalue weighted by molar-refractivity contribution is 7.90. The number of benzene rings is 2. The van der Waals surface area contributed by atoms with E-state index in [2.05, 4.69) is 15.2 Å². The molecule has 1 saturated carbocycles. The van der Waals surface area contributed by atoms with Gasteiger partial charge in [0.2, 0.25) is 5.95 Å². The van der Waals surface area contributed by atoms with Crippen LogP contribution in [0.15, 0.2) is 84.0 Å². The lowest BCUT2D eigenvalue weighted by molar-refractivity contribution is 0.0974. The summed E-state index contributed by atoms with van der Waals surface area (Å²) in [6.45, 7) is 3.22. The van der Waals surface area contributed by atoms with Gasteiger partial charge < -0.3 is 10.1 Å². The highest BCUT2D eigenvalue weighted by atomic mass is 32.2. The molecular formula is C31H37FN4O3S. The summed E-state index contributed by atoms with van der Waals surface area (Å²) in [6, 6.07) is 19.9. The van der Waals surface area contributed by atoms with Gasteiger partial charge in [-0.3, -0.25) is 4.90 Å². The first kappa shape index (κ1) is 28.4. The summed E-state index contributed by atoms with van der Waals surface area (Å²) in [5.41, 5.74) is 1.94. The monoisotopic (exact) mass is 564 g/mol. The van der Waals surface area contributed by atoms with Crippen LogP contribution in [0.1, 0.15) is 43.2 Å². The lowest BCUT2D eigenvalue weighted by Crippen LogP contribution is -2.34. The molecule has 2 aromatic heterocycles. The zero-order valence-electron chi connectivity index (χ0n) is 22.7. The number of aromatic nitrogens is 2. The number of hydrogen-bond donors (Lipinski definition) is 1. The van der Waals surface area contributed by atoms with Crippen molar-refractivity contribution in [2.24, 2.45) is 0 Å². The topological polar surface area (TPSA) is 76.5 Å². The Kier molecular flexibility index (Phi) is 9.59. The van der Waals surface area contributed by atoms with E-state index in [1.807, 2.05) is 24.3 Å². The first-order valence-electron chi connectivity index (χ1n) is 14.0. The van der Waals surface area contributed by atoms with Crippen LogP contribution in [-0.2, 0) is 27.8 Å². The molecule has 1 aliphatic rings. The van der Waals surface area contributed by atoms with Crippen LogP contribution in [0.5, 0.6) is 0 Å². The van der Waals surface area contributed by atoms with Crippen LogP contribution < -0.4 is 5.32 Å². The SMILES string of the molecule is O=S(=O)(c1ccccc1)n1cc(CN(CCOCCNC2CCCCC2)Cc2cccnc2F)c2ccccc21. The number of pyridine rings is 1. The molecule has 0 spiro atoms. The van der Waals surface area contributed by atoms with Gasteiger partial charge in [-0.05, 0) is 42.7 Å². The smallest absolute Gasteiger partial charge is 0.268 e. The number of nitrogens with zero attached hydrogens (tertiary/aromatic N) is 3. The van der Waals surface area contributed by atoms with Gasteiger partial charge in [0, 0.05) is 55.6 Å². The Morgan fingerprint density at radius 2 is 1.68 bits per heavy atom. The minimum absolute atomic E-state index is 0.229. The van der Waals surface area contributed by atoms with E-state index in [1.165, 1.54) is 42.3 Å². The maximum atomic E-state index is 14.5. The van der Waals surface area contributed by atoms with Gasteiger partial charge in [0.25, 0.3) is 10.0 Å². The molecule has 0 saturated heterocycles. The molecule has 0 amide bonds. The van der Waals surface area contributed by atoms with Gasteiger partial charge in [-0.15, -0.1) is 0 Å². The van der Waals surface area contributed by atoms with Gasteiger partial charge >= 0.3 is 0 Å². The third-order valence-corrected chi connectivity index (χ3v) is 9.21. The molecule has 7 nitrogen and oxygen atoms in total. The second-order valence-corrected chi connectivity index (χ2v) is 12.2. The quantitative estimate of drug-likeness (QED) is 0.174. The van der Waals surface area contributed by atoms with Crippen LogP contribution in [0.25, 0.3) is 10.9 Å². The molecule has 0 bridgehead atoms. The molecule has 0 aliphatic heterocycles. The van der Waals surface area contributed by atoms with Gasteiger partial charge in [-0.1, -0.05) is 61.7 Å². The van der Waals surface area contributed by atoms with Crippen molar-refractivity contribution >= 4 is 20.9 Å². The maximum Gasteiger partial charge on any atom is 0.268 e. The first-order chi connectivity index (χ1) is 19.5. The summed E-state index contributed by atoms with van der Waals surface area (Å²) in [7, 11) is -3.79. The molecule has 0 unspecified atom stereocenters. The number of halogens is 1. The average Bonchev–Trinajstić information content (AvgIpc) is 3.36. The van der Waals surface area contributed by atoms with Crippen molar-refractivity contribution < 1.29 is 17.5 Å². The van der Waals surface area contributed by atoms with Crippen LogP contribution in [0.4, 0.5) is 4.39 Å². The fourth-order valence-electron chi connectivity index (χ4n) is 5.42. The fraction of sp³-hybridized carbons (Fsp3) is 0.387. The third kappa shape index (κ3) is 6.96. The van der Waals surface area contributed by atoms with Crippen LogP contribution in [0, 0.1) is 5.95 Å². The summed E-state index contributed by atoms with van der Waals surface area (Å²) in [5.74, 6) is -0.501. The van der Waals surface area contributed by atoms with E-state index < -0.39 is 16.0 Å². The summed E-state index contributed by atoms with van der Waals surface area (Å²) in [5, 5.41) is 4.43. The Labute approximate surface area is 236 Å². The van der Waals surface area contributed by atoms with Gasteiger partial charge in [0.05, 0.1) is 23.6 Å². The molecule has 9 heteroatoms. The van der Waals surface area contributed by atoms with Crippen molar-refractivity contribution in [2.45, 2.75) is 56.1 Å². The zero-order chi connectivity index (χ0) is 27.8. The van der Waals surface area contributed by atoms with Crippen LogP contribution in [0.3, 0.4) is 0 Å². The maximum absolute atomic E-state index is 14.5. The predicted molar refractivity (Wildman–Crippen MR) is 155 cm³/mol. The molecule has 40 heavy (non-hydrogen) atoms. The highest BCUT2D eigenvalue weighted by Gasteiger charge is 2.22. The Morgan fingerprint density at radius 3 is 2.48 bits per heavy atom. The van der Waals surface area contributed by atoms with Crippen LogP contribution in [0.2, 0.25) is 0 Å². The Morgan fingerprint density at radius 1 is 0.925 bits per heavy atom. The minimum Gasteiger partial charge on any atom is -0.379 e. The Bertz CT molecular complexity index is 1490. The third-order valence-electron chi connectivity index (χ3n) is 7.52. The van der Waals surface area contributed by atoms with E-state index >= 15 is 0 Å². The second-order valence-electron chi connectivity index (χ2n) is 10.4. The van der Waals surface area contributed by atoms with Crippen LogP contribution in [-0.4, -0.2) is 54.6 Å². The highest BCUT2D eigenvalue weighted by Crippen LogP contribution is 2.27. The van der Waals surface area contributed by atoms with Crippen molar-refractivity contribution in [2.75, 3.05) is 26.3 Å². The number of para-hydroxylation sites is 1. The summed E-state index contributed by atoms with van der Waals surface area (Å²) < 4.78 is 48.9. The molecular weight excluding hydrogens is 527 g/mol. The predicted octanol–water partition coefficient (Wildman–Crippen LogP) is 5.35. The van der Waals surface area contributed by atoms with Crippen molar-refractivity contribution in [1.29, 1.82) is 0 Å². The molecule has 5 rings (SSSR count). The van der Waals surface area contributed by atoms with Crippen molar-refractivity contribution in [3.63, 3.8) is 0 Å². The number of nitrogens with one attached hydrogen (secondary N) is 1. The standard InChI is InChI=1S/C31H37FN4O3S/c32-31-25(10-9-17-34-31)22-35(19-21-39-20-18-33-27-11-3-1-4-12-27)23-26-24-36(30-16-8-7-15-29(26)30)40(37,38)28-13-5-2-6-14-28/h2,5-10,13-17,24,27,33H,1,3-4,11-12,18-23H2. The van der Waals surface area contributed by atoms with Gasteiger partial charge in [0.15, 0.2) is 0 Å². The van der Waals surface area contributed by atoms with E-state index in [9.17, 15) is 12.8 Å². The van der Waals surface area contributed by atoms with E-state index in [4.69, 9.17) is 4.74 Å². The molecule has 2 aromatic carbocycles. The second kappa shape index (κ2) is 13.5. The van der Waals surface area contributed by atoms with E-state index in [0.717, 1.165) is 17.5 Å². The largest absolute Gasteiger partial charge is 0.379 e. The average molecular weight is 565 g/mol. The zero-order valence-corrected chi connectivity index (χ0v) is 23.5. The summed E-state index contributed by atoms with van der Waals surface area (Å²) in [6.07, 6.45) is 9.51. The fourth-order valence-corrected chi connectivity index (χ4v) is 6.83. The number of fused-ring (bicyclic) bond motifs is 1. The molecule has 2 heterocycles. The number of hydrogen-bond acceptors (Lipinski definition) is 6. The van der Waals surface area contributed by atoms with Crippen LogP contribution >= 0.6 is 0 Å². The molecule has 1 fully saturated rings. The lowest BCUT2D eigenvalue weighted by atomic mass is 9.96. The van der Waals surface area contributed by atoms with Gasteiger partial charge in [-0.25, -0.2) is 17.4 Å². The normalized spacial score (nSPS) is 14.8. The molecule has 212 valence electrons.